The average Bonchev–Trinajstić information content (AvgIpc) is 2.25. The van der Waals surface area contributed by atoms with Crippen molar-refractivity contribution >= 4 is 11.9 Å². The zero-order chi connectivity index (χ0) is 16.1. The summed E-state index contributed by atoms with van der Waals surface area (Å²) in [6.07, 6.45) is 0.687. The molecule has 5 heteroatoms. The maximum atomic E-state index is 12.0. The van der Waals surface area contributed by atoms with Crippen LogP contribution in [0.2, 0.25) is 0 Å². The topological polar surface area (TPSA) is 92.4 Å². The van der Waals surface area contributed by atoms with E-state index < -0.39 is 24.0 Å². The molecule has 0 aliphatic heterocycles. The highest BCUT2D eigenvalue weighted by atomic mass is 16.4. The lowest BCUT2D eigenvalue weighted by atomic mass is 9.86. The van der Waals surface area contributed by atoms with E-state index in [9.17, 15) is 9.59 Å². The van der Waals surface area contributed by atoms with E-state index in [4.69, 9.17) is 12.2 Å². The molecule has 0 bridgehead atoms. The van der Waals surface area contributed by atoms with Crippen molar-refractivity contribution in [3.63, 3.8) is 0 Å². The van der Waals surface area contributed by atoms with Crippen LogP contribution in [0.5, 0.6) is 0 Å². The van der Waals surface area contributed by atoms with Gasteiger partial charge in [-0.2, -0.15) is 0 Å². The Morgan fingerprint density at radius 3 is 2.11 bits per heavy atom. The zero-order valence-electron chi connectivity index (χ0n) is 13.6. The molecule has 4 N–H and O–H groups in total. The number of carbonyl (C=O) groups excluding carboxylic acids is 1. The summed E-state index contributed by atoms with van der Waals surface area (Å²) in [5.74, 6) is -1.52. The highest BCUT2D eigenvalue weighted by Crippen LogP contribution is 2.22. The van der Waals surface area contributed by atoms with Crippen LogP contribution in [-0.4, -0.2) is 29.1 Å². The summed E-state index contributed by atoms with van der Waals surface area (Å²) < 4.78 is 7.39. The molecule has 0 rings (SSSR count). The number of nitrogens with one attached hydrogen (secondary N) is 1. The van der Waals surface area contributed by atoms with Crippen molar-refractivity contribution in [2.24, 2.45) is 16.6 Å². The minimum absolute atomic E-state index is 0.165. The van der Waals surface area contributed by atoms with Gasteiger partial charge in [0, 0.05) is 1.37 Å². The Bertz CT molecular complexity index is 351. The largest absolute Gasteiger partial charge is 0.480 e. The summed E-state index contributed by atoms with van der Waals surface area (Å²) >= 11 is 0. The molecule has 0 aliphatic carbocycles. The SMILES string of the molecule is [2H]CC(C)(C)C[C@H](N)C(=O)N[C@@H](CC(C)(C)C)C(=O)O. The van der Waals surface area contributed by atoms with Crippen LogP contribution in [0.25, 0.3) is 0 Å². The smallest absolute Gasteiger partial charge is 0.326 e. The van der Waals surface area contributed by atoms with Gasteiger partial charge < -0.3 is 16.2 Å². The van der Waals surface area contributed by atoms with Crippen LogP contribution >= 0.6 is 0 Å². The number of rotatable bonds is 5. The fourth-order valence-electron chi connectivity index (χ4n) is 1.78. The van der Waals surface area contributed by atoms with Gasteiger partial charge in [0.15, 0.2) is 0 Å². The Hall–Kier alpha value is -1.10. The molecular weight excluding hydrogens is 244 g/mol. The molecule has 5 nitrogen and oxygen atoms in total. The van der Waals surface area contributed by atoms with Crippen LogP contribution in [0, 0.1) is 10.8 Å². The summed E-state index contributed by atoms with van der Waals surface area (Å²) in [5.41, 5.74) is 5.23. The molecule has 0 saturated heterocycles. The number of hydrogen-bond acceptors (Lipinski definition) is 3. The normalized spacial score (nSPS) is 16.4. The first-order chi connectivity index (χ1) is 8.88. The van der Waals surface area contributed by atoms with E-state index in [-0.39, 0.29) is 17.7 Å². The number of carboxylic acid groups (broad SMARTS) is 1. The zero-order valence-corrected chi connectivity index (χ0v) is 12.6. The van der Waals surface area contributed by atoms with Gasteiger partial charge in [0.05, 0.1) is 6.04 Å². The average molecular weight is 273 g/mol. The molecule has 112 valence electrons. The number of nitrogens with two attached hydrogens (primary N) is 1. The van der Waals surface area contributed by atoms with Crippen molar-refractivity contribution in [1.82, 2.24) is 5.32 Å². The summed E-state index contributed by atoms with van der Waals surface area (Å²) in [4.78, 5) is 23.2. The number of carboxylic acids is 1. The molecule has 19 heavy (non-hydrogen) atoms. The molecule has 0 fully saturated rings. The fourth-order valence-corrected chi connectivity index (χ4v) is 1.78. The third kappa shape index (κ3) is 8.59. The fraction of sp³-hybridized carbons (Fsp3) is 0.857. The van der Waals surface area contributed by atoms with Gasteiger partial charge in [-0.1, -0.05) is 41.5 Å². The van der Waals surface area contributed by atoms with E-state index >= 15 is 0 Å². The van der Waals surface area contributed by atoms with Gasteiger partial charge in [-0.25, -0.2) is 4.79 Å². The number of amides is 1. The molecule has 0 aromatic carbocycles. The molecule has 0 unspecified atom stereocenters. The number of carbonyl (C=O) groups is 2. The van der Waals surface area contributed by atoms with Gasteiger partial charge in [-0.05, 0) is 23.7 Å². The molecule has 2 atom stereocenters. The minimum Gasteiger partial charge on any atom is -0.480 e. The molecule has 0 aliphatic rings. The molecule has 0 heterocycles. The van der Waals surface area contributed by atoms with Gasteiger partial charge in [0.1, 0.15) is 6.04 Å². The summed E-state index contributed by atoms with van der Waals surface area (Å²) in [5, 5.41) is 11.7. The second kappa shape index (κ2) is 6.37. The monoisotopic (exact) mass is 273 g/mol. The molecule has 0 aromatic rings. The van der Waals surface area contributed by atoms with Crippen LogP contribution in [0.4, 0.5) is 0 Å². The molecule has 0 radical (unpaired) electrons. The molecular formula is C14H28N2O3. The van der Waals surface area contributed by atoms with Crippen molar-refractivity contribution in [1.29, 1.82) is 0 Å². The second-order valence-corrected chi connectivity index (χ2v) is 7.14. The highest BCUT2D eigenvalue weighted by Gasteiger charge is 2.29. The first-order valence-electron chi connectivity index (χ1n) is 7.17. The third-order valence-corrected chi connectivity index (χ3v) is 2.54. The Balaban J connectivity index is 4.65. The first-order valence-corrected chi connectivity index (χ1v) is 6.46. The maximum Gasteiger partial charge on any atom is 0.326 e. The summed E-state index contributed by atoms with van der Waals surface area (Å²) in [6.45, 7) is 9.63. The molecule has 1 amide bonds. The van der Waals surface area contributed by atoms with E-state index in [1.54, 1.807) is 0 Å². The molecule has 0 spiro atoms. The van der Waals surface area contributed by atoms with E-state index in [1.807, 2.05) is 34.6 Å². The highest BCUT2D eigenvalue weighted by molar-refractivity contribution is 5.86. The van der Waals surface area contributed by atoms with Crippen molar-refractivity contribution in [2.75, 3.05) is 0 Å². The van der Waals surface area contributed by atoms with E-state index in [1.165, 1.54) is 0 Å². The van der Waals surface area contributed by atoms with Gasteiger partial charge in [-0.15, -0.1) is 0 Å². The van der Waals surface area contributed by atoms with Crippen molar-refractivity contribution in [2.45, 2.75) is 66.4 Å². The van der Waals surface area contributed by atoms with Crippen molar-refractivity contribution in [3.05, 3.63) is 0 Å². The summed E-state index contributed by atoms with van der Waals surface area (Å²) in [7, 11) is 0. The predicted octanol–water partition coefficient (Wildman–Crippen LogP) is 1.76. The van der Waals surface area contributed by atoms with Crippen LogP contribution in [0.3, 0.4) is 0 Å². The lowest BCUT2D eigenvalue weighted by Crippen LogP contribution is -2.50. The molecule has 0 saturated carbocycles. The standard InChI is InChI=1S/C14H28N2O3/c1-13(2,3)7-9(15)11(17)16-10(12(18)19)8-14(4,5)6/h9-10H,7-8,15H2,1-6H3,(H,16,17)(H,18,19)/t9-,10-/m0/s1/i1D. The Labute approximate surface area is 117 Å². The van der Waals surface area contributed by atoms with Gasteiger partial charge >= 0.3 is 5.97 Å². The first kappa shape index (κ1) is 16.0. The maximum absolute atomic E-state index is 12.0. The Morgan fingerprint density at radius 1 is 1.21 bits per heavy atom. The van der Waals surface area contributed by atoms with E-state index in [2.05, 4.69) is 5.32 Å². The Kier molecular flexibility index (Phi) is 5.35. The third-order valence-electron chi connectivity index (χ3n) is 2.54. The summed E-state index contributed by atoms with van der Waals surface area (Å²) in [6, 6.07) is -1.73. The van der Waals surface area contributed by atoms with Crippen LogP contribution in [-0.2, 0) is 9.59 Å². The van der Waals surface area contributed by atoms with E-state index in [0.717, 1.165) is 0 Å². The van der Waals surface area contributed by atoms with Crippen molar-refractivity contribution < 1.29 is 16.1 Å². The minimum atomic E-state index is -1.06. The van der Waals surface area contributed by atoms with Gasteiger partial charge in [0.25, 0.3) is 0 Å². The van der Waals surface area contributed by atoms with Gasteiger partial charge in [-0.3, -0.25) is 4.79 Å². The number of aliphatic carboxylic acids is 1. The second-order valence-electron chi connectivity index (χ2n) is 7.14. The van der Waals surface area contributed by atoms with Crippen LogP contribution in [0.15, 0.2) is 0 Å². The quantitative estimate of drug-likeness (QED) is 0.711. The van der Waals surface area contributed by atoms with Crippen LogP contribution < -0.4 is 11.1 Å². The lowest BCUT2D eigenvalue weighted by Gasteiger charge is -2.27. The Morgan fingerprint density at radius 2 is 1.74 bits per heavy atom. The molecule has 0 aromatic heterocycles. The van der Waals surface area contributed by atoms with Crippen LogP contribution in [0.1, 0.15) is 55.7 Å². The van der Waals surface area contributed by atoms with Gasteiger partial charge in [0.2, 0.25) is 5.91 Å². The van der Waals surface area contributed by atoms with Crippen molar-refractivity contribution in [3.8, 4) is 0 Å². The predicted molar refractivity (Wildman–Crippen MR) is 75.7 cm³/mol. The number of hydrogen-bond donors (Lipinski definition) is 3. The lowest BCUT2D eigenvalue weighted by molar-refractivity contribution is -0.143. The van der Waals surface area contributed by atoms with E-state index in [0.29, 0.717) is 12.8 Å².